The molecule has 94 valence electrons. The van der Waals surface area contributed by atoms with Gasteiger partial charge in [0.05, 0.1) is 16.2 Å². The second-order valence-corrected chi connectivity index (χ2v) is 5.51. The molecule has 0 aliphatic carbocycles. The van der Waals surface area contributed by atoms with E-state index in [1.807, 2.05) is 12.1 Å². The maximum atomic E-state index is 9.70. The zero-order valence-electron chi connectivity index (χ0n) is 9.81. The quantitative estimate of drug-likeness (QED) is 0.593. The SMILES string of the molecule is C[C@@](N)(C#N)COc1ccc2c(c1I)B(O)OC2. The van der Waals surface area contributed by atoms with E-state index in [0.29, 0.717) is 12.4 Å². The number of nitrogens with two attached hydrogens (primary N) is 1. The van der Waals surface area contributed by atoms with Gasteiger partial charge < -0.3 is 20.1 Å². The molecule has 7 heteroatoms. The van der Waals surface area contributed by atoms with Crippen molar-refractivity contribution < 1.29 is 14.4 Å². The van der Waals surface area contributed by atoms with Crippen molar-refractivity contribution in [2.45, 2.75) is 19.1 Å². The Morgan fingerprint density at radius 1 is 1.72 bits per heavy atom. The fourth-order valence-corrected chi connectivity index (χ4v) is 2.58. The predicted molar refractivity (Wildman–Crippen MR) is 75.3 cm³/mol. The minimum absolute atomic E-state index is 0.0925. The number of halogens is 1. The van der Waals surface area contributed by atoms with Crippen LogP contribution in [0.1, 0.15) is 12.5 Å². The first-order valence-corrected chi connectivity index (χ1v) is 6.46. The maximum Gasteiger partial charge on any atom is 0.492 e. The number of hydrogen-bond acceptors (Lipinski definition) is 5. The summed E-state index contributed by atoms with van der Waals surface area (Å²) >= 11 is 2.10. The predicted octanol–water partition coefficient (Wildman–Crippen LogP) is 0.129. The molecule has 1 aliphatic rings. The lowest BCUT2D eigenvalue weighted by Crippen LogP contribution is -2.41. The van der Waals surface area contributed by atoms with E-state index in [1.165, 1.54) is 0 Å². The van der Waals surface area contributed by atoms with Gasteiger partial charge in [0.25, 0.3) is 0 Å². The molecule has 1 heterocycles. The van der Waals surface area contributed by atoms with Gasteiger partial charge >= 0.3 is 7.12 Å². The monoisotopic (exact) mass is 358 g/mol. The van der Waals surface area contributed by atoms with Crippen LogP contribution in [-0.4, -0.2) is 24.3 Å². The van der Waals surface area contributed by atoms with E-state index in [4.69, 9.17) is 20.4 Å². The van der Waals surface area contributed by atoms with Gasteiger partial charge in [-0.05, 0) is 41.1 Å². The second-order valence-electron chi connectivity index (χ2n) is 4.43. The summed E-state index contributed by atoms with van der Waals surface area (Å²) in [5, 5.41) is 18.5. The van der Waals surface area contributed by atoms with Crippen molar-refractivity contribution in [1.82, 2.24) is 0 Å². The number of fused-ring (bicyclic) bond motifs is 1. The Morgan fingerprint density at radius 3 is 3.11 bits per heavy atom. The topological polar surface area (TPSA) is 88.5 Å². The van der Waals surface area contributed by atoms with E-state index in [-0.39, 0.29) is 6.61 Å². The third kappa shape index (κ3) is 2.61. The van der Waals surface area contributed by atoms with Crippen LogP contribution in [0.3, 0.4) is 0 Å². The van der Waals surface area contributed by atoms with Crippen molar-refractivity contribution in [1.29, 1.82) is 5.26 Å². The van der Waals surface area contributed by atoms with Crippen molar-refractivity contribution in [2.24, 2.45) is 5.73 Å². The van der Waals surface area contributed by atoms with E-state index >= 15 is 0 Å². The van der Waals surface area contributed by atoms with Gasteiger partial charge in [0.1, 0.15) is 17.9 Å². The molecular formula is C11H12BIN2O3. The molecule has 0 saturated carbocycles. The molecule has 1 aliphatic heterocycles. The highest BCUT2D eigenvalue weighted by Gasteiger charge is 2.31. The summed E-state index contributed by atoms with van der Waals surface area (Å²) in [7, 11) is -0.907. The molecule has 0 spiro atoms. The van der Waals surface area contributed by atoms with Crippen molar-refractivity contribution in [3.63, 3.8) is 0 Å². The lowest BCUT2D eigenvalue weighted by molar-refractivity contribution is 0.263. The Kier molecular flexibility index (Phi) is 3.82. The summed E-state index contributed by atoms with van der Waals surface area (Å²) in [4.78, 5) is 0. The molecule has 3 N–H and O–H groups in total. The van der Waals surface area contributed by atoms with Gasteiger partial charge in [-0.25, -0.2) is 0 Å². The fraction of sp³-hybridized carbons (Fsp3) is 0.364. The van der Waals surface area contributed by atoms with Crippen molar-refractivity contribution in [3.05, 3.63) is 21.3 Å². The maximum absolute atomic E-state index is 9.70. The summed E-state index contributed by atoms with van der Waals surface area (Å²) in [6.07, 6.45) is 0. The molecule has 1 aromatic carbocycles. The number of ether oxygens (including phenoxy) is 1. The van der Waals surface area contributed by atoms with Crippen molar-refractivity contribution >= 4 is 35.2 Å². The smallest absolute Gasteiger partial charge is 0.489 e. The third-order valence-electron chi connectivity index (χ3n) is 2.66. The second kappa shape index (κ2) is 5.05. The van der Waals surface area contributed by atoms with Crippen LogP contribution in [0, 0.1) is 14.9 Å². The standard InChI is InChI=1S/C11H12BIN2O3/c1-11(15,5-14)6-17-8-3-2-7-4-18-12(16)9(7)10(8)13/h2-3,16H,4,6,15H2,1H3/t11-/m1/s1. The van der Waals surface area contributed by atoms with Crippen molar-refractivity contribution in [3.8, 4) is 11.8 Å². The highest BCUT2D eigenvalue weighted by atomic mass is 127. The van der Waals surface area contributed by atoms with Gasteiger partial charge in [0.2, 0.25) is 0 Å². The number of nitrogens with zero attached hydrogens (tertiary/aromatic N) is 1. The average Bonchev–Trinajstić information content (AvgIpc) is 2.71. The summed E-state index contributed by atoms with van der Waals surface area (Å²) < 4.78 is 11.5. The number of rotatable bonds is 3. The minimum atomic E-state index is -1.03. The lowest BCUT2D eigenvalue weighted by atomic mass is 9.79. The minimum Gasteiger partial charge on any atom is -0.489 e. The van der Waals surface area contributed by atoms with Gasteiger partial charge in [-0.15, -0.1) is 0 Å². The molecule has 2 rings (SSSR count). The molecule has 0 fully saturated rings. The Hall–Kier alpha value is -0.815. The zero-order valence-corrected chi connectivity index (χ0v) is 12.0. The largest absolute Gasteiger partial charge is 0.492 e. The van der Waals surface area contributed by atoms with Crippen LogP contribution in [0.4, 0.5) is 0 Å². The van der Waals surface area contributed by atoms with Crippen LogP contribution >= 0.6 is 22.6 Å². The first-order chi connectivity index (χ1) is 8.44. The van der Waals surface area contributed by atoms with Crippen LogP contribution in [0.5, 0.6) is 5.75 Å². The Bertz CT molecular complexity index is 516. The molecule has 0 radical (unpaired) electrons. The molecule has 5 nitrogen and oxygen atoms in total. The van der Waals surface area contributed by atoms with Crippen LogP contribution in [0.2, 0.25) is 0 Å². The van der Waals surface area contributed by atoms with Crippen LogP contribution < -0.4 is 15.9 Å². The van der Waals surface area contributed by atoms with E-state index in [1.54, 1.807) is 13.0 Å². The summed E-state index contributed by atoms with van der Waals surface area (Å²) in [5.74, 6) is 0.603. The summed E-state index contributed by atoms with van der Waals surface area (Å²) in [5.41, 5.74) is 6.35. The fourth-order valence-electron chi connectivity index (χ4n) is 1.63. The number of benzene rings is 1. The Labute approximate surface area is 119 Å². The summed E-state index contributed by atoms with van der Waals surface area (Å²) in [6, 6.07) is 5.62. The first-order valence-electron chi connectivity index (χ1n) is 5.38. The molecule has 0 saturated heterocycles. The highest BCUT2D eigenvalue weighted by Crippen LogP contribution is 2.24. The third-order valence-corrected chi connectivity index (χ3v) is 3.77. The van der Waals surface area contributed by atoms with Crippen molar-refractivity contribution in [2.75, 3.05) is 6.61 Å². The number of nitriles is 1. The number of hydrogen-bond donors (Lipinski definition) is 2. The molecule has 0 aromatic heterocycles. The van der Waals surface area contributed by atoms with Gasteiger partial charge in [-0.1, -0.05) is 6.07 Å². The lowest BCUT2D eigenvalue weighted by Gasteiger charge is -2.18. The van der Waals surface area contributed by atoms with E-state index in [9.17, 15) is 5.02 Å². The van der Waals surface area contributed by atoms with Gasteiger partial charge in [0, 0.05) is 5.46 Å². The molecule has 1 aromatic rings. The molecule has 1 atom stereocenters. The molecular weight excluding hydrogens is 346 g/mol. The van der Waals surface area contributed by atoms with Crippen LogP contribution in [0.25, 0.3) is 0 Å². The molecule has 0 bridgehead atoms. The van der Waals surface area contributed by atoms with Gasteiger partial charge in [0.15, 0.2) is 0 Å². The van der Waals surface area contributed by atoms with Gasteiger partial charge in [-0.2, -0.15) is 5.26 Å². The Balaban J connectivity index is 2.22. The first kappa shape index (κ1) is 13.6. The summed E-state index contributed by atoms with van der Waals surface area (Å²) in [6.45, 7) is 2.10. The van der Waals surface area contributed by atoms with E-state index < -0.39 is 12.7 Å². The van der Waals surface area contributed by atoms with Crippen LogP contribution in [0.15, 0.2) is 12.1 Å². The van der Waals surface area contributed by atoms with Gasteiger partial charge in [-0.3, -0.25) is 0 Å². The van der Waals surface area contributed by atoms with E-state index in [2.05, 4.69) is 22.6 Å². The average molecular weight is 358 g/mol. The normalized spacial score (nSPS) is 16.9. The Morgan fingerprint density at radius 2 is 2.44 bits per heavy atom. The molecule has 0 unspecified atom stereocenters. The molecule has 0 amide bonds. The zero-order chi connectivity index (χ0) is 13.3. The van der Waals surface area contributed by atoms with E-state index in [0.717, 1.165) is 14.6 Å². The molecule has 18 heavy (non-hydrogen) atoms. The highest BCUT2D eigenvalue weighted by molar-refractivity contribution is 14.1. The van der Waals surface area contributed by atoms with Crippen LogP contribution in [-0.2, 0) is 11.3 Å².